The van der Waals surface area contributed by atoms with E-state index in [1.54, 1.807) is 24.7 Å². The van der Waals surface area contributed by atoms with E-state index in [0.29, 0.717) is 17.4 Å². The Morgan fingerprint density at radius 1 is 1.15 bits per heavy atom. The van der Waals surface area contributed by atoms with Crippen molar-refractivity contribution in [2.45, 2.75) is 19.4 Å². The van der Waals surface area contributed by atoms with E-state index in [4.69, 9.17) is 11.6 Å². The Kier molecular flexibility index (Phi) is 4.73. The van der Waals surface area contributed by atoms with Crippen molar-refractivity contribution >= 4 is 28.6 Å². The minimum atomic E-state index is -0.259. The van der Waals surface area contributed by atoms with Crippen LogP contribution in [0.5, 0.6) is 0 Å². The lowest BCUT2D eigenvalue weighted by Crippen LogP contribution is -2.09. The summed E-state index contributed by atoms with van der Waals surface area (Å²) < 4.78 is 13.4. The third-order valence-corrected chi connectivity index (χ3v) is 4.58. The Bertz CT molecular complexity index is 1080. The van der Waals surface area contributed by atoms with Gasteiger partial charge in [0.25, 0.3) is 0 Å². The van der Waals surface area contributed by atoms with Crippen LogP contribution >= 0.6 is 11.6 Å². The Morgan fingerprint density at radius 2 is 1.96 bits per heavy atom. The first-order chi connectivity index (χ1) is 13.1. The summed E-state index contributed by atoms with van der Waals surface area (Å²) in [6.45, 7) is 1.94. The first-order valence-electron chi connectivity index (χ1n) is 8.53. The van der Waals surface area contributed by atoms with Gasteiger partial charge in [-0.3, -0.25) is 0 Å². The highest BCUT2D eigenvalue weighted by atomic mass is 35.5. The van der Waals surface area contributed by atoms with E-state index in [9.17, 15) is 4.39 Å². The number of H-pyrrole nitrogens is 1. The van der Waals surface area contributed by atoms with Crippen LogP contribution in [-0.2, 0) is 6.42 Å². The number of rotatable bonds is 5. The molecule has 0 radical (unpaired) electrons. The summed E-state index contributed by atoms with van der Waals surface area (Å²) in [7, 11) is 0. The first kappa shape index (κ1) is 17.4. The molecule has 0 saturated heterocycles. The first-order valence-corrected chi connectivity index (χ1v) is 8.91. The van der Waals surface area contributed by atoms with Crippen LogP contribution in [0.3, 0.4) is 0 Å². The van der Waals surface area contributed by atoms with Crippen LogP contribution in [0.2, 0.25) is 5.02 Å². The Hall–Kier alpha value is -2.99. The molecule has 1 aromatic carbocycles. The zero-order chi connectivity index (χ0) is 18.8. The molecule has 1 unspecified atom stereocenters. The predicted molar refractivity (Wildman–Crippen MR) is 104 cm³/mol. The molecule has 1 atom stereocenters. The summed E-state index contributed by atoms with van der Waals surface area (Å²) in [5.74, 6) is 0.241. The minimum Gasteiger partial charge on any atom is -0.348 e. The van der Waals surface area contributed by atoms with Gasteiger partial charge in [0.15, 0.2) is 0 Å². The van der Waals surface area contributed by atoms with Gasteiger partial charge >= 0.3 is 0 Å². The Balaban J connectivity index is 1.48. The van der Waals surface area contributed by atoms with Crippen molar-refractivity contribution in [2.75, 3.05) is 5.32 Å². The Labute approximate surface area is 160 Å². The van der Waals surface area contributed by atoms with Crippen molar-refractivity contribution in [1.29, 1.82) is 0 Å². The number of aromatic amines is 1. The van der Waals surface area contributed by atoms with Gasteiger partial charge in [-0.2, -0.15) is 0 Å². The zero-order valence-corrected chi connectivity index (χ0v) is 15.3. The van der Waals surface area contributed by atoms with Crippen molar-refractivity contribution in [3.8, 4) is 0 Å². The average Bonchev–Trinajstić information content (AvgIpc) is 3.05. The topological polar surface area (TPSA) is 66.5 Å². The van der Waals surface area contributed by atoms with Crippen molar-refractivity contribution in [3.05, 3.63) is 82.6 Å². The van der Waals surface area contributed by atoms with Gasteiger partial charge in [0.2, 0.25) is 5.95 Å². The van der Waals surface area contributed by atoms with Crippen LogP contribution in [0.1, 0.15) is 29.7 Å². The van der Waals surface area contributed by atoms with Gasteiger partial charge in [0.05, 0.1) is 11.1 Å². The van der Waals surface area contributed by atoms with Crippen LogP contribution < -0.4 is 5.32 Å². The molecular weight excluding hydrogens is 365 g/mol. The lowest BCUT2D eigenvalue weighted by molar-refractivity contribution is 0.623. The lowest BCUT2D eigenvalue weighted by atomic mass is 10.1. The molecular formula is C20H17ClFN5. The lowest BCUT2D eigenvalue weighted by Gasteiger charge is -2.14. The van der Waals surface area contributed by atoms with Crippen molar-refractivity contribution in [3.63, 3.8) is 0 Å². The molecule has 4 aromatic rings. The molecule has 3 aromatic heterocycles. The molecule has 3 heterocycles. The van der Waals surface area contributed by atoms with Gasteiger partial charge in [0, 0.05) is 36.6 Å². The standard InChI is InChI=1S/C20H17ClFN5/c1-12(14-3-2-4-17(22)6-14)27-20-25-8-13(9-26-20)5-15-10-23-19-18(15)7-16(21)11-24-19/h2-4,6-12H,5H2,1H3,(H,23,24)(H,25,26,27). The summed E-state index contributed by atoms with van der Waals surface area (Å²) in [6, 6.07) is 8.28. The van der Waals surface area contributed by atoms with Gasteiger partial charge in [-0.15, -0.1) is 0 Å². The van der Waals surface area contributed by atoms with Gasteiger partial charge < -0.3 is 10.3 Å². The van der Waals surface area contributed by atoms with E-state index in [0.717, 1.165) is 27.7 Å². The molecule has 5 nitrogen and oxygen atoms in total. The molecule has 0 spiro atoms. The maximum Gasteiger partial charge on any atom is 0.223 e. The van der Waals surface area contributed by atoms with Crippen molar-refractivity contribution in [1.82, 2.24) is 19.9 Å². The van der Waals surface area contributed by atoms with E-state index >= 15 is 0 Å². The fourth-order valence-corrected chi connectivity index (χ4v) is 3.13. The number of pyridine rings is 1. The molecule has 7 heteroatoms. The predicted octanol–water partition coefficient (Wildman–Crippen LogP) is 4.91. The highest BCUT2D eigenvalue weighted by Gasteiger charge is 2.10. The van der Waals surface area contributed by atoms with E-state index in [1.807, 2.05) is 25.3 Å². The maximum absolute atomic E-state index is 13.4. The molecule has 0 fully saturated rings. The number of hydrogen-bond acceptors (Lipinski definition) is 4. The second kappa shape index (κ2) is 7.32. The number of nitrogens with one attached hydrogen (secondary N) is 2. The van der Waals surface area contributed by atoms with Crippen molar-refractivity contribution in [2.24, 2.45) is 0 Å². The van der Waals surface area contributed by atoms with Crippen LogP contribution in [-0.4, -0.2) is 19.9 Å². The normalized spacial score (nSPS) is 12.3. The fraction of sp³-hybridized carbons (Fsp3) is 0.150. The number of hydrogen-bond donors (Lipinski definition) is 2. The van der Waals surface area contributed by atoms with Crippen LogP contribution in [0.25, 0.3) is 11.0 Å². The van der Waals surface area contributed by atoms with E-state index in [2.05, 4.69) is 25.3 Å². The van der Waals surface area contributed by atoms with Gasteiger partial charge in [0.1, 0.15) is 11.5 Å². The van der Waals surface area contributed by atoms with Crippen molar-refractivity contribution < 1.29 is 4.39 Å². The van der Waals surface area contributed by atoms with Gasteiger partial charge in [-0.25, -0.2) is 19.3 Å². The molecule has 0 bridgehead atoms. The van der Waals surface area contributed by atoms with E-state index in [1.165, 1.54) is 12.1 Å². The van der Waals surface area contributed by atoms with Gasteiger partial charge in [-0.05, 0) is 41.8 Å². The molecule has 2 N–H and O–H groups in total. The summed E-state index contributed by atoms with van der Waals surface area (Å²) in [4.78, 5) is 16.2. The molecule has 0 aliphatic rings. The molecule has 4 rings (SSSR count). The van der Waals surface area contributed by atoms with Gasteiger partial charge in [-0.1, -0.05) is 23.7 Å². The molecule has 27 heavy (non-hydrogen) atoms. The molecule has 0 aliphatic heterocycles. The largest absolute Gasteiger partial charge is 0.348 e. The van der Waals surface area contributed by atoms with Crippen LogP contribution in [0.4, 0.5) is 10.3 Å². The highest BCUT2D eigenvalue weighted by Crippen LogP contribution is 2.23. The number of fused-ring (bicyclic) bond motifs is 1. The maximum atomic E-state index is 13.4. The SMILES string of the molecule is CC(Nc1ncc(Cc2c[nH]c3ncc(Cl)cc23)cn1)c1cccc(F)c1. The Morgan fingerprint density at radius 3 is 2.74 bits per heavy atom. The molecule has 0 aliphatic carbocycles. The minimum absolute atomic E-state index is 0.103. The fourth-order valence-electron chi connectivity index (χ4n) is 2.97. The van der Waals surface area contributed by atoms with Crippen LogP contribution in [0.15, 0.2) is 55.1 Å². The zero-order valence-electron chi connectivity index (χ0n) is 14.6. The second-order valence-electron chi connectivity index (χ2n) is 6.38. The summed E-state index contributed by atoms with van der Waals surface area (Å²) >= 11 is 6.05. The monoisotopic (exact) mass is 381 g/mol. The van der Waals surface area contributed by atoms with Crippen LogP contribution in [0, 0.1) is 5.82 Å². The number of aromatic nitrogens is 4. The third-order valence-electron chi connectivity index (χ3n) is 4.38. The highest BCUT2D eigenvalue weighted by molar-refractivity contribution is 6.31. The molecule has 136 valence electrons. The number of halogens is 2. The number of nitrogens with zero attached hydrogens (tertiary/aromatic N) is 3. The second-order valence-corrected chi connectivity index (χ2v) is 6.81. The molecule has 0 saturated carbocycles. The average molecular weight is 382 g/mol. The van der Waals surface area contributed by atoms with E-state index in [-0.39, 0.29) is 11.9 Å². The van der Waals surface area contributed by atoms with E-state index < -0.39 is 0 Å². The number of anilines is 1. The quantitative estimate of drug-likeness (QED) is 0.515. The number of benzene rings is 1. The smallest absolute Gasteiger partial charge is 0.223 e. The summed E-state index contributed by atoms with van der Waals surface area (Å²) in [5.41, 5.74) is 3.70. The summed E-state index contributed by atoms with van der Waals surface area (Å²) in [5, 5.41) is 4.78. The summed E-state index contributed by atoms with van der Waals surface area (Å²) in [6.07, 6.45) is 7.77. The molecule has 0 amide bonds. The third kappa shape index (κ3) is 3.90.